The molecule has 3 rings (SSSR count). The first-order valence-corrected chi connectivity index (χ1v) is 10.2. The zero-order valence-electron chi connectivity index (χ0n) is 16.3. The zero-order chi connectivity index (χ0) is 21.1. The highest BCUT2D eigenvalue weighted by atomic mass is 35.5. The van der Waals surface area contributed by atoms with Crippen molar-refractivity contribution in [2.75, 3.05) is 5.32 Å². The summed E-state index contributed by atoms with van der Waals surface area (Å²) in [7, 11) is 0. The summed E-state index contributed by atoms with van der Waals surface area (Å²) in [6.07, 6.45) is 3.72. The molecule has 0 bridgehead atoms. The molecule has 0 radical (unpaired) electrons. The van der Waals surface area contributed by atoms with Crippen molar-refractivity contribution in [1.29, 1.82) is 0 Å². The van der Waals surface area contributed by atoms with Gasteiger partial charge in [0.05, 0.1) is 5.02 Å². The monoisotopic (exact) mass is 443 g/mol. The molecule has 0 spiro atoms. The minimum atomic E-state index is -0.0598. The van der Waals surface area contributed by atoms with Crippen molar-refractivity contribution < 1.29 is 9.67 Å². The third-order valence-corrected chi connectivity index (χ3v) is 5.32. The fourth-order valence-corrected chi connectivity index (χ4v) is 3.71. The normalized spacial score (nSPS) is 11.8. The maximum absolute atomic E-state index is 11.2. The number of aromatic nitrogens is 1. The smallest absolute Gasteiger partial charge is 0.288 e. The molecule has 6 heteroatoms. The Morgan fingerprint density at radius 1 is 1.00 bits per heavy atom. The van der Waals surface area contributed by atoms with Crippen LogP contribution >= 0.6 is 35.4 Å². The van der Waals surface area contributed by atoms with E-state index in [4.69, 9.17) is 35.4 Å². The molecule has 0 atom stereocenters. The fraction of sp³-hybridized carbons (Fsp3) is 0.130. The van der Waals surface area contributed by atoms with Gasteiger partial charge in [0, 0.05) is 27.9 Å². The van der Waals surface area contributed by atoms with E-state index in [9.17, 15) is 5.11 Å². The number of hydrogen-bond donors (Lipinski definition) is 2. The van der Waals surface area contributed by atoms with Gasteiger partial charge in [0.2, 0.25) is 5.76 Å². The first-order chi connectivity index (χ1) is 13.8. The molecule has 29 heavy (non-hydrogen) atoms. The Kier molecular flexibility index (Phi) is 6.58. The number of hydrogen-bond acceptors (Lipinski definition) is 2. The van der Waals surface area contributed by atoms with Crippen LogP contribution in [0, 0.1) is 20.8 Å². The fourth-order valence-electron chi connectivity index (χ4n) is 3.02. The Balaban J connectivity index is 2.15. The molecule has 1 heterocycles. The van der Waals surface area contributed by atoms with Crippen molar-refractivity contribution in [3.8, 4) is 0 Å². The second-order valence-corrected chi connectivity index (χ2v) is 8.13. The average molecular weight is 444 g/mol. The van der Waals surface area contributed by atoms with Gasteiger partial charge in [-0.1, -0.05) is 53.1 Å². The summed E-state index contributed by atoms with van der Waals surface area (Å²) in [6.45, 7) is 6.02. The van der Waals surface area contributed by atoms with Crippen LogP contribution in [0.2, 0.25) is 10.0 Å². The number of aliphatic hydroxyl groups excluding tert-OH is 1. The summed E-state index contributed by atoms with van der Waals surface area (Å²) >= 11 is 18.2. The van der Waals surface area contributed by atoms with Gasteiger partial charge in [-0.3, -0.25) is 0 Å². The highest BCUT2D eigenvalue weighted by Crippen LogP contribution is 2.29. The lowest BCUT2D eigenvalue weighted by Gasteiger charge is -2.13. The van der Waals surface area contributed by atoms with Crippen LogP contribution in [0.4, 0.5) is 5.69 Å². The Morgan fingerprint density at radius 3 is 2.45 bits per heavy atom. The largest absolute Gasteiger partial charge is 0.502 e. The molecule has 0 fully saturated rings. The van der Waals surface area contributed by atoms with Crippen LogP contribution in [0.15, 0.2) is 60.9 Å². The predicted octanol–water partition coefficient (Wildman–Crippen LogP) is 6.53. The van der Waals surface area contributed by atoms with Gasteiger partial charge >= 0.3 is 0 Å². The molecule has 0 aliphatic heterocycles. The lowest BCUT2D eigenvalue weighted by Crippen LogP contribution is -2.38. The SMILES string of the molecule is Cc1ccc(NC(=S)/C(=C(\O)c2cc(Cl)ccc2Cl)[n+]2cccc(C)c2)c(C)c1. The highest BCUT2D eigenvalue weighted by Gasteiger charge is 2.25. The van der Waals surface area contributed by atoms with Crippen molar-refractivity contribution in [3.63, 3.8) is 0 Å². The van der Waals surface area contributed by atoms with E-state index in [1.54, 1.807) is 22.8 Å². The number of aliphatic hydroxyl groups is 1. The summed E-state index contributed by atoms with van der Waals surface area (Å²) in [5, 5.41) is 15.3. The van der Waals surface area contributed by atoms with Crippen LogP contribution in [0.25, 0.3) is 11.5 Å². The van der Waals surface area contributed by atoms with E-state index in [2.05, 4.69) is 11.4 Å². The molecule has 3 aromatic rings. The number of anilines is 1. The van der Waals surface area contributed by atoms with Gasteiger partial charge < -0.3 is 10.4 Å². The lowest BCUT2D eigenvalue weighted by atomic mass is 10.1. The minimum Gasteiger partial charge on any atom is -0.502 e. The second-order valence-electron chi connectivity index (χ2n) is 6.88. The van der Waals surface area contributed by atoms with E-state index in [0.29, 0.717) is 26.3 Å². The van der Waals surface area contributed by atoms with Crippen molar-refractivity contribution in [1.82, 2.24) is 0 Å². The average Bonchev–Trinajstić information content (AvgIpc) is 2.66. The van der Waals surface area contributed by atoms with E-state index in [1.165, 1.54) is 0 Å². The zero-order valence-corrected chi connectivity index (χ0v) is 18.7. The van der Waals surface area contributed by atoms with Gasteiger partial charge in [-0.05, 0) is 56.7 Å². The molecule has 0 unspecified atom stereocenters. The number of pyridine rings is 1. The van der Waals surface area contributed by atoms with Crippen LogP contribution in [0.5, 0.6) is 0 Å². The molecular weight excluding hydrogens is 423 g/mol. The van der Waals surface area contributed by atoms with Gasteiger partial charge in [-0.15, -0.1) is 0 Å². The third-order valence-electron chi connectivity index (χ3n) is 4.46. The van der Waals surface area contributed by atoms with E-state index >= 15 is 0 Å². The Labute approximate surface area is 186 Å². The molecule has 0 amide bonds. The van der Waals surface area contributed by atoms with Crippen molar-refractivity contribution in [2.45, 2.75) is 20.8 Å². The standard InChI is InChI=1S/C23H20Cl2N2OS/c1-14-6-9-20(16(3)11-14)26-23(29)21(27-10-4-5-15(2)13-27)22(28)18-12-17(24)7-8-19(18)25/h4-13H,1-3H3,(H-,26,28,29)/p+1. The summed E-state index contributed by atoms with van der Waals surface area (Å²) in [5.41, 5.74) is 4.93. The van der Waals surface area contributed by atoms with Gasteiger partial charge in [-0.2, -0.15) is 4.57 Å². The van der Waals surface area contributed by atoms with Gasteiger partial charge in [0.25, 0.3) is 5.70 Å². The van der Waals surface area contributed by atoms with Crippen LogP contribution in [0.3, 0.4) is 0 Å². The number of thiocarbonyl (C=S) groups is 1. The molecule has 2 N–H and O–H groups in total. The molecule has 0 aliphatic carbocycles. The topological polar surface area (TPSA) is 36.1 Å². The van der Waals surface area contributed by atoms with Gasteiger partial charge in [0.15, 0.2) is 17.4 Å². The van der Waals surface area contributed by atoms with Crippen molar-refractivity contribution >= 4 is 57.6 Å². The molecule has 3 nitrogen and oxygen atoms in total. The molecule has 0 saturated carbocycles. The number of benzene rings is 2. The molecular formula is C23H21Cl2N2OS+. The molecule has 148 valence electrons. The quantitative estimate of drug-likeness (QED) is 0.208. The first-order valence-electron chi connectivity index (χ1n) is 9.02. The van der Waals surface area contributed by atoms with E-state index < -0.39 is 0 Å². The Hall–Kier alpha value is -2.40. The van der Waals surface area contributed by atoms with Gasteiger partial charge in [0.1, 0.15) is 0 Å². The summed E-state index contributed by atoms with van der Waals surface area (Å²) in [5.74, 6) is -0.0598. The third kappa shape index (κ3) is 4.96. The number of nitrogens with zero attached hydrogens (tertiary/aromatic N) is 1. The predicted molar refractivity (Wildman–Crippen MR) is 126 cm³/mol. The van der Waals surface area contributed by atoms with Crippen molar-refractivity contribution in [2.24, 2.45) is 0 Å². The highest BCUT2D eigenvalue weighted by molar-refractivity contribution is 7.81. The Bertz CT molecular complexity index is 1130. The number of aryl methyl sites for hydroxylation is 3. The molecule has 2 aromatic carbocycles. The maximum atomic E-state index is 11.2. The summed E-state index contributed by atoms with van der Waals surface area (Å²) < 4.78 is 1.78. The molecule has 0 aliphatic rings. The number of halogens is 2. The van der Waals surface area contributed by atoms with Crippen LogP contribution < -0.4 is 9.88 Å². The molecule has 1 aromatic heterocycles. The lowest BCUT2D eigenvalue weighted by molar-refractivity contribution is -0.576. The first kappa shape index (κ1) is 21.3. The minimum absolute atomic E-state index is 0.0598. The van der Waals surface area contributed by atoms with Gasteiger partial charge in [-0.25, -0.2) is 0 Å². The second kappa shape index (κ2) is 8.95. The Morgan fingerprint density at radius 2 is 1.76 bits per heavy atom. The number of rotatable bonds is 4. The van der Waals surface area contributed by atoms with Crippen LogP contribution in [-0.4, -0.2) is 10.1 Å². The molecule has 0 saturated heterocycles. The van der Waals surface area contributed by atoms with E-state index in [0.717, 1.165) is 22.4 Å². The number of nitrogens with one attached hydrogen (secondary N) is 1. The summed E-state index contributed by atoms with van der Waals surface area (Å²) in [4.78, 5) is 0.362. The van der Waals surface area contributed by atoms with E-state index in [-0.39, 0.29) is 5.76 Å². The van der Waals surface area contributed by atoms with E-state index in [1.807, 2.05) is 57.4 Å². The maximum Gasteiger partial charge on any atom is 0.288 e. The summed E-state index contributed by atoms with van der Waals surface area (Å²) in [6, 6.07) is 14.9. The van der Waals surface area contributed by atoms with Crippen LogP contribution in [-0.2, 0) is 0 Å². The van der Waals surface area contributed by atoms with Crippen molar-refractivity contribution in [3.05, 3.63) is 93.2 Å². The van der Waals surface area contributed by atoms with Crippen LogP contribution in [0.1, 0.15) is 22.3 Å².